The molecule has 0 aliphatic carbocycles. The molecule has 4 nitrogen and oxygen atoms in total. The minimum absolute atomic E-state index is 0. The number of unbranched alkanes of at least 4 members (excludes halogenated alkanes) is 8. The molecule has 7 heteroatoms. The van der Waals surface area contributed by atoms with Crippen molar-refractivity contribution in [3.05, 3.63) is 0 Å². The third-order valence-electron chi connectivity index (χ3n) is 7.00. The standard InChI is InChI=1S/2C12H28OSi.2C4H10O.Zr/c2*1-4-7-10-14(13,11-8-5-2)12-9-6-3;2*1-2-3-4-5;/h2*13H,4-12H2,1-3H3;2*5H,2-4H2,1H3;. The van der Waals surface area contributed by atoms with Crippen LogP contribution in [0.15, 0.2) is 0 Å². The molecule has 0 rings (SSSR count). The minimum atomic E-state index is -1.81. The molecule has 0 atom stereocenters. The van der Waals surface area contributed by atoms with E-state index in [1.165, 1.54) is 77.0 Å². The largest absolute Gasteiger partial charge is 0.432 e. The molecular formula is C32H76O4Si2Zr. The van der Waals surface area contributed by atoms with Crippen molar-refractivity contribution in [2.24, 2.45) is 0 Å². The van der Waals surface area contributed by atoms with Crippen molar-refractivity contribution in [1.82, 2.24) is 0 Å². The van der Waals surface area contributed by atoms with Gasteiger partial charge in [-0.3, -0.25) is 0 Å². The first-order valence-corrected chi connectivity index (χ1v) is 22.0. The monoisotopic (exact) mass is 670 g/mol. The zero-order valence-electron chi connectivity index (χ0n) is 28.3. The van der Waals surface area contributed by atoms with Crippen LogP contribution in [0.3, 0.4) is 0 Å². The zero-order valence-corrected chi connectivity index (χ0v) is 32.7. The van der Waals surface area contributed by atoms with E-state index in [0.717, 1.165) is 61.9 Å². The molecule has 39 heavy (non-hydrogen) atoms. The van der Waals surface area contributed by atoms with Crippen LogP contribution in [0.1, 0.15) is 158 Å². The van der Waals surface area contributed by atoms with Gasteiger partial charge in [-0.25, -0.2) is 0 Å². The second-order valence-electron chi connectivity index (χ2n) is 11.2. The van der Waals surface area contributed by atoms with Crippen molar-refractivity contribution < 1.29 is 46.0 Å². The van der Waals surface area contributed by atoms with E-state index in [4.69, 9.17) is 10.2 Å². The van der Waals surface area contributed by atoms with Crippen LogP contribution in [-0.4, -0.2) is 49.7 Å². The van der Waals surface area contributed by atoms with E-state index in [1.54, 1.807) is 0 Å². The Morgan fingerprint density at radius 1 is 0.333 bits per heavy atom. The van der Waals surface area contributed by atoms with Crippen molar-refractivity contribution in [2.75, 3.05) is 13.2 Å². The average molecular weight is 672 g/mol. The fourth-order valence-corrected chi connectivity index (χ4v) is 11.7. The maximum absolute atomic E-state index is 10.5. The Morgan fingerprint density at radius 2 is 0.487 bits per heavy atom. The van der Waals surface area contributed by atoms with Gasteiger partial charge in [-0.2, -0.15) is 0 Å². The van der Waals surface area contributed by atoms with Crippen LogP contribution in [0.25, 0.3) is 0 Å². The molecule has 0 saturated carbocycles. The number of rotatable bonds is 22. The molecule has 240 valence electrons. The fraction of sp³-hybridized carbons (Fsp3) is 1.00. The molecule has 0 aliphatic rings. The fourth-order valence-electron chi connectivity index (χ4n) is 4.10. The smallest absolute Gasteiger partial charge is 0.188 e. The van der Waals surface area contributed by atoms with E-state index < -0.39 is 16.6 Å². The number of aliphatic hydroxyl groups excluding tert-OH is 2. The molecular weight excluding hydrogens is 596 g/mol. The first kappa shape index (κ1) is 49.8. The number of hydrogen-bond donors (Lipinski definition) is 4. The molecule has 0 aromatic rings. The van der Waals surface area contributed by atoms with Gasteiger partial charge in [-0.1, -0.05) is 145 Å². The van der Waals surface area contributed by atoms with Gasteiger partial charge in [0.05, 0.1) is 0 Å². The Bertz CT molecular complexity index is 321. The molecule has 0 heterocycles. The van der Waals surface area contributed by atoms with Gasteiger partial charge in [-0.15, -0.1) is 0 Å². The van der Waals surface area contributed by atoms with Crippen LogP contribution in [0.2, 0.25) is 36.3 Å². The Morgan fingerprint density at radius 3 is 0.564 bits per heavy atom. The van der Waals surface area contributed by atoms with Crippen molar-refractivity contribution >= 4 is 16.6 Å². The predicted octanol–water partition coefficient (Wildman–Crippen LogP) is 10.2. The van der Waals surface area contributed by atoms with Crippen LogP contribution in [0, 0.1) is 0 Å². The summed E-state index contributed by atoms with van der Waals surface area (Å²) in [5.41, 5.74) is 0. The zero-order chi connectivity index (χ0) is 30.0. The summed E-state index contributed by atoms with van der Waals surface area (Å²) in [4.78, 5) is 21.1. The summed E-state index contributed by atoms with van der Waals surface area (Å²) in [5, 5.41) is 16.1. The van der Waals surface area contributed by atoms with Crippen molar-refractivity contribution in [1.29, 1.82) is 0 Å². The average Bonchev–Trinajstić information content (AvgIpc) is 2.93. The second kappa shape index (κ2) is 41.3. The van der Waals surface area contributed by atoms with Gasteiger partial charge in [0.15, 0.2) is 16.6 Å². The first-order chi connectivity index (χ1) is 18.2. The molecule has 0 aromatic carbocycles. The maximum atomic E-state index is 10.5. The van der Waals surface area contributed by atoms with Crippen LogP contribution in [0.5, 0.6) is 0 Å². The normalized spacial score (nSPS) is 10.8. The Hall–Kier alpha value is 1.16. The van der Waals surface area contributed by atoms with Gasteiger partial charge in [0.25, 0.3) is 0 Å². The predicted molar refractivity (Wildman–Crippen MR) is 178 cm³/mol. The summed E-state index contributed by atoms with van der Waals surface area (Å²) in [5.74, 6) is 0. The second-order valence-corrected chi connectivity index (χ2v) is 19.1. The molecule has 0 aromatic heterocycles. The molecule has 0 bridgehead atoms. The van der Waals surface area contributed by atoms with E-state index in [2.05, 4.69) is 55.4 Å². The van der Waals surface area contributed by atoms with Crippen molar-refractivity contribution in [3.8, 4) is 0 Å². The minimum Gasteiger partial charge on any atom is -0.432 e. The van der Waals surface area contributed by atoms with Crippen LogP contribution in [-0.2, 0) is 26.2 Å². The van der Waals surface area contributed by atoms with Gasteiger partial charge in [0.1, 0.15) is 0 Å². The number of aliphatic hydroxyl groups is 2. The summed E-state index contributed by atoms with van der Waals surface area (Å²) in [6, 6.07) is 6.85. The molecule has 0 fully saturated rings. The molecule has 4 N–H and O–H groups in total. The van der Waals surface area contributed by atoms with Crippen molar-refractivity contribution in [2.45, 2.75) is 194 Å². The molecule has 0 saturated heterocycles. The molecule has 0 aliphatic heterocycles. The summed E-state index contributed by atoms with van der Waals surface area (Å²) in [6.45, 7) is 18.1. The molecule has 0 radical (unpaired) electrons. The molecule has 0 spiro atoms. The van der Waals surface area contributed by atoms with Crippen LogP contribution >= 0.6 is 0 Å². The third kappa shape index (κ3) is 43.7. The summed E-state index contributed by atoms with van der Waals surface area (Å²) >= 11 is 0. The van der Waals surface area contributed by atoms with Gasteiger partial charge in [0, 0.05) is 39.4 Å². The van der Waals surface area contributed by atoms with E-state index >= 15 is 0 Å². The van der Waals surface area contributed by atoms with E-state index in [-0.39, 0.29) is 26.2 Å². The summed E-state index contributed by atoms with van der Waals surface area (Å²) < 4.78 is 0. The number of hydrogen-bond acceptors (Lipinski definition) is 4. The van der Waals surface area contributed by atoms with Gasteiger partial charge < -0.3 is 19.8 Å². The Kier molecular flexibility index (Phi) is 52.7. The Labute approximate surface area is 269 Å². The Balaban J connectivity index is -0.000000145. The SMILES string of the molecule is CCCCO.CCCCO.CCCC[Si](O)(CCCC)CCCC.CCCC[Si](O)(CCCC)CCCC.[Zr]. The summed E-state index contributed by atoms with van der Waals surface area (Å²) in [6.07, 6.45) is 18.8. The maximum Gasteiger partial charge on any atom is 0.188 e. The van der Waals surface area contributed by atoms with Gasteiger partial charge in [-0.05, 0) is 49.1 Å². The van der Waals surface area contributed by atoms with Gasteiger partial charge >= 0.3 is 0 Å². The van der Waals surface area contributed by atoms with Gasteiger partial charge in [0.2, 0.25) is 0 Å². The van der Waals surface area contributed by atoms with Crippen LogP contribution in [0.4, 0.5) is 0 Å². The summed E-state index contributed by atoms with van der Waals surface area (Å²) in [7, 11) is -3.62. The van der Waals surface area contributed by atoms with E-state index in [1.807, 2.05) is 0 Å². The molecule has 0 amide bonds. The molecule has 0 unspecified atom stereocenters. The first-order valence-electron chi connectivity index (χ1n) is 16.9. The van der Waals surface area contributed by atoms with E-state index in [9.17, 15) is 9.59 Å². The van der Waals surface area contributed by atoms with Crippen molar-refractivity contribution in [3.63, 3.8) is 0 Å². The topological polar surface area (TPSA) is 80.9 Å². The van der Waals surface area contributed by atoms with E-state index in [0.29, 0.717) is 13.2 Å². The quantitative estimate of drug-likeness (QED) is 0.0864. The van der Waals surface area contributed by atoms with Crippen LogP contribution < -0.4 is 0 Å². The third-order valence-corrected chi connectivity index (χ3v) is 14.7.